The van der Waals surface area contributed by atoms with Crippen molar-refractivity contribution in [3.8, 4) is 17.2 Å². The third-order valence-corrected chi connectivity index (χ3v) is 3.20. The number of hydrogen-bond donors (Lipinski definition) is 1. The van der Waals surface area contributed by atoms with Crippen LogP contribution in [0.2, 0.25) is 0 Å². The van der Waals surface area contributed by atoms with Crippen molar-refractivity contribution in [3.63, 3.8) is 0 Å². The van der Waals surface area contributed by atoms with E-state index >= 15 is 0 Å². The molecule has 0 aliphatic rings. The molecular formula is C16H18N4. The van der Waals surface area contributed by atoms with Crippen LogP contribution in [-0.2, 0) is 0 Å². The van der Waals surface area contributed by atoms with Crippen molar-refractivity contribution in [2.24, 2.45) is 0 Å². The number of nitrogens with one attached hydrogen (secondary N) is 1. The summed E-state index contributed by atoms with van der Waals surface area (Å²) < 4.78 is 0. The van der Waals surface area contributed by atoms with Gasteiger partial charge in [0.1, 0.15) is 5.54 Å². The number of hydrogen-bond acceptors (Lipinski definition) is 4. The molecule has 4 heteroatoms. The molecule has 1 heterocycles. The van der Waals surface area contributed by atoms with Gasteiger partial charge in [-0.05, 0) is 44.4 Å². The molecule has 2 aromatic rings. The second kappa shape index (κ2) is 5.30. The van der Waals surface area contributed by atoms with Gasteiger partial charge in [0, 0.05) is 18.0 Å². The summed E-state index contributed by atoms with van der Waals surface area (Å²) in [6.45, 7) is 7.75. The van der Waals surface area contributed by atoms with Crippen LogP contribution in [0.1, 0.15) is 25.0 Å². The molecule has 2 rings (SSSR count). The van der Waals surface area contributed by atoms with Crippen molar-refractivity contribution in [2.45, 2.75) is 33.2 Å². The van der Waals surface area contributed by atoms with Gasteiger partial charge in [-0.2, -0.15) is 5.26 Å². The van der Waals surface area contributed by atoms with Crippen molar-refractivity contribution >= 4 is 5.95 Å². The minimum absolute atomic E-state index is 0.462. The Morgan fingerprint density at radius 1 is 1.05 bits per heavy atom. The van der Waals surface area contributed by atoms with Gasteiger partial charge >= 0.3 is 0 Å². The summed E-state index contributed by atoms with van der Waals surface area (Å²) in [4.78, 5) is 8.53. The fraction of sp³-hybridized carbons (Fsp3) is 0.312. The highest BCUT2D eigenvalue weighted by molar-refractivity contribution is 5.63. The number of nitrogens with zero attached hydrogens (tertiary/aromatic N) is 3. The Kier molecular flexibility index (Phi) is 3.71. The first-order valence-electron chi connectivity index (χ1n) is 6.50. The number of anilines is 1. The first kappa shape index (κ1) is 14.0. The first-order valence-corrected chi connectivity index (χ1v) is 6.50. The largest absolute Gasteiger partial charge is 0.336 e. The Balaban J connectivity index is 2.24. The summed E-state index contributed by atoms with van der Waals surface area (Å²) in [5.74, 6) is 0.462. The number of benzene rings is 1. The van der Waals surface area contributed by atoms with E-state index in [1.54, 1.807) is 26.2 Å². The normalized spacial score (nSPS) is 10.9. The molecule has 0 aliphatic carbocycles. The highest BCUT2D eigenvalue weighted by Gasteiger charge is 2.17. The molecular weight excluding hydrogens is 248 g/mol. The highest BCUT2D eigenvalue weighted by atomic mass is 15.1. The third kappa shape index (κ3) is 3.12. The van der Waals surface area contributed by atoms with Crippen LogP contribution in [0.3, 0.4) is 0 Å². The lowest BCUT2D eigenvalue weighted by molar-refractivity contribution is 0.717. The lowest BCUT2D eigenvalue weighted by Gasteiger charge is -2.17. The van der Waals surface area contributed by atoms with E-state index in [0.717, 1.165) is 11.1 Å². The van der Waals surface area contributed by atoms with E-state index in [1.165, 1.54) is 11.1 Å². The van der Waals surface area contributed by atoms with Gasteiger partial charge in [0.25, 0.3) is 0 Å². The second-order valence-corrected chi connectivity index (χ2v) is 5.46. The van der Waals surface area contributed by atoms with Crippen molar-refractivity contribution < 1.29 is 0 Å². The van der Waals surface area contributed by atoms with Gasteiger partial charge in [-0.3, -0.25) is 0 Å². The Bertz CT molecular complexity index is 651. The molecule has 1 aromatic carbocycles. The van der Waals surface area contributed by atoms with Gasteiger partial charge in [0.15, 0.2) is 0 Å². The molecule has 102 valence electrons. The van der Waals surface area contributed by atoms with Gasteiger partial charge in [-0.25, -0.2) is 9.97 Å². The maximum atomic E-state index is 8.98. The number of nitriles is 1. The van der Waals surface area contributed by atoms with Crippen molar-refractivity contribution in [1.82, 2.24) is 9.97 Å². The van der Waals surface area contributed by atoms with Gasteiger partial charge < -0.3 is 5.32 Å². The van der Waals surface area contributed by atoms with Crippen LogP contribution >= 0.6 is 0 Å². The predicted molar refractivity (Wildman–Crippen MR) is 80.3 cm³/mol. The van der Waals surface area contributed by atoms with E-state index in [0.29, 0.717) is 5.95 Å². The number of aromatic nitrogens is 2. The average Bonchev–Trinajstić information content (AvgIpc) is 2.42. The minimum atomic E-state index is -0.679. The van der Waals surface area contributed by atoms with Crippen LogP contribution in [0, 0.1) is 25.2 Å². The Hall–Kier alpha value is -2.41. The lowest BCUT2D eigenvalue weighted by Crippen LogP contribution is -2.29. The first-order chi connectivity index (χ1) is 9.41. The lowest BCUT2D eigenvalue weighted by atomic mass is 10.0. The Morgan fingerprint density at radius 3 is 2.25 bits per heavy atom. The van der Waals surface area contributed by atoms with E-state index in [-0.39, 0.29) is 0 Å². The van der Waals surface area contributed by atoms with Crippen molar-refractivity contribution in [1.29, 1.82) is 5.26 Å². The van der Waals surface area contributed by atoms with E-state index in [1.807, 2.05) is 0 Å². The SMILES string of the molecule is Cc1ccc(-c2cnc(NC(C)(C)C#N)nc2)cc1C. The summed E-state index contributed by atoms with van der Waals surface area (Å²) in [5.41, 5.74) is 3.90. The Labute approximate surface area is 119 Å². The molecule has 0 amide bonds. The molecule has 0 fully saturated rings. The van der Waals surface area contributed by atoms with E-state index < -0.39 is 5.54 Å². The maximum Gasteiger partial charge on any atom is 0.223 e. The molecule has 20 heavy (non-hydrogen) atoms. The quantitative estimate of drug-likeness (QED) is 0.924. The summed E-state index contributed by atoms with van der Waals surface area (Å²) in [5, 5.41) is 12.0. The third-order valence-electron chi connectivity index (χ3n) is 3.20. The molecule has 1 aromatic heterocycles. The second-order valence-electron chi connectivity index (χ2n) is 5.46. The molecule has 0 radical (unpaired) electrons. The van der Waals surface area contributed by atoms with Crippen molar-refractivity contribution in [3.05, 3.63) is 41.7 Å². The van der Waals surface area contributed by atoms with Crippen molar-refractivity contribution in [2.75, 3.05) is 5.32 Å². The predicted octanol–water partition coefficient (Wildman–Crippen LogP) is 3.47. The molecule has 0 atom stereocenters. The molecule has 4 nitrogen and oxygen atoms in total. The zero-order valence-electron chi connectivity index (χ0n) is 12.2. The fourth-order valence-corrected chi connectivity index (χ4v) is 1.77. The summed E-state index contributed by atoms with van der Waals surface area (Å²) >= 11 is 0. The van der Waals surface area contributed by atoms with Gasteiger partial charge in [-0.1, -0.05) is 18.2 Å². The minimum Gasteiger partial charge on any atom is -0.336 e. The molecule has 0 unspecified atom stereocenters. The van der Waals surface area contributed by atoms with E-state index in [2.05, 4.69) is 53.4 Å². The van der Waals surface area contributed by atoms with Gasteiger partial charge in [0.05, 0.1) is 6.07 Å². The van der Waals surface area contributed by atoms with Crippen LogP contribution < -0.4 is 5.32 Å². The average molecular weight is 266 g/mol. The number of rotatable bonds is 3. The smallest absolute Gasteiger partial charge is 0.223 e. The van der Waals surface area contributed by atoms with Crippen LogP contribution in [-0.4, -0.2) is 15.5 Å². The highest BCUT2D eigenvalue weighted by Crippen LogP contribution is 2.21. The molecule has 0 saturated carbocycles. The zero-order valence-corrected chi connectivity index (χ0v) is 12.2. The van der Waals surface area contributed by atoms with E-state index in [4.69, 9.17) is 5.26 Å². The van der Waals surface area contributed by atoms with E-state index in [9.17, 15) is 0 Å². The molecule has 1 N–H and O–H groups in total. The molecule has 0 saturated heterocycles. The molecule has 0 bridgehead atoms. The fourth-order valence-electron chi connectivity index (χ4n) is 1.77. The van der Waals surface area contributed by atoms with Gasteiger partial charge in [0.2, 0.25) is 5.95 Å². The maximum absolute atomic E-state index is 8.98. The number of aryl methyl sites for hydroxylation is 2. The van der Waals surface area contributed by atoms with Crippen LogP contribution in [0.5, 0.6) is 0 Å². The topological polar surface area (TPSA) is 61.6 Å². The van der Waals surface area contributed by atoms with Gasteiger partial charge in [-0.15, -0.1) is 0 Å². The monoisotopic (exact) mass is 266 g/mol. The van der Waals surface area contributed by atoms with Crippen LogP contribution in [0.4, 0.5) is 5.95 Å². The zero-order chi connectivity index (χ0) is 14.8. The standard InChI is InChI=1S/C16H18N4/c1-11-5-6-13(7-12(11)2)14-8-18-15(19-9-14)20-16(3,4)10-17/h5-9H,1-4H3,(H,18,19,20). The van der Waals surface area contributed by atoms with Crippen LogP contribution in [0.25, 0.3) is 11.1 Å². The van der Waals surface area contributed by atoms with Crippen LogP contribution in [0.15, 0.2) is 30.6 Å². The summed E-state index contributed by atoms with van der Waals surface area (Å²) in [7, 11) is 0. The summed E-state index contributed by atoms with van der Waals surface area (Å²) in [6, 6.07) is 8.44. The molecule has 0 spiro atoms. The molecule has 0 aliphatic heterocycles. The Morgan fingerprint density at radius 2 is 1.70 bits per heavy atom. The summed E-state index contributed by atoms with van der Waals surface area (Å²) in [6.07, 6.45) is 3.54.